The van der Waals surface area contributed by atoms with E-state index in [4.69, 9.17) is 4.52 Å². The highest BCUT2D eigenvalue weighted by atomic mass is 19.4. The van der Waals surface area contributed by atoms with E-state index < -0.39 is 11.7 Å². The maximum Gasteiger partial charge on any atom is 0.416 e. The molecule has 0 spiro atoms. The molecule has 28 heavy (non-hydrogen) atoms. The van der Waals surface area contributed by atoms with E-state index in [2.05, 4.69) is 20.4 Å². The zero-order valence-electron chi connectivity index (χ0n) is 14.8. The van der Waals surface area contributed by atoms with Crippen molar-refractivity contribution in [1.29, 1.82) is 0 Å². The van der Waals surface area contributed by atoms with Crippen LogP contribution in [0.1, 0.15) is 16.8 Å². The lowest BCUT2D eigenvalue weighted by Gasteiger charge is -2.11. The number of fused-ring (bicyclic) bond motifs is 1. The Morgan fingerprint density at radius 3 is 2.71 bits per heavy atom. The van der Waals surface area contributed by atoms with Crippen molar-refractivity contribution >= 4 is 16.8 Å². The third-order valence-electron chi connectivity index (χ3n) is 4.28. The van der Waals surface area contributed by atoms with Gasteiger partial charge in [-0.1, -0.05) is 23.4 Å². The third kappa shape index (κ3) is 3.53. The number of aromatic nitrogens is 3. The molecular formula is C20H15F3N4O. The lowest BCUT2D eigenvalue weighted by molar-refractivity contribution is -0.137. The second-order valence-corrected chi connectivity index (χ2v) is 6.29. The van der Waals surface area contributed by atoms with Gasteiger partial charge < -0.3 is 9.84 Å². The smallest absolute Gasteiger partial charge is 0.378 e. The predicted octanol–water partition coefficient (Wildman–Crippen LogP) is 5.22. The van der Waals surface area contributed by atoms with Crippen LogP contribution in [0.2, 0.25) is 0 Å². The number of benzene rings is 1. The molecule has 0 saturated heterocycles. The van der Waals surface area contributed by atoms with Gasteiger partial charge >= 0.3 is 6.18 Å². The van der Waals surface area contributed by atoms with Crippen LogP contribution in [0.3, 0.4) is 0 Å². The molecule has 0 amide bonds. The van der Waals surface area contributed by atoms with Gasteiger partial charge in [0.2, 0.25) is 5.58 Å². The van der Waals surface area contributed by atoms with E-state index in [9.17, 15) is 13.2 Å². The number of aryl methyl sites for hydroxylation is 1. The van der Waals surface area contributed by atoms with Gasteiger partial charge in [0, 0.05) is 24.5 Å². The Bertz CT molecular complexity index is 1120. The fraction of sp³-hybridized carbons (Fsp3) is 0.150. The molecule has 0 unspecified atom stereocenters. The summed E-state index contributed by atoms with van der Waals surface area (Å²) < 4.78 is 44.6. The number of hydrogen-bond acceptors (Lipinski definition) is 5. The maximum atomic E-state index is 13.1. The number of halogens is 3. The van der Waals surface area contributed by atoms with Gasteiger partial charge in [0.15, 0.2) is 0 Å². The summed E-state index contributed by atoms with van der Waals surface area (Å²) in [6.45, 7) is 2.20. The third-order valence-corrected chi connectivity index (χ3v) is 4.28. The van der Waals surface area contributed by atoms with E-state index in [1.807, 2.05) is 12.1 Å². The van der Waals surface area contributed by atoms with E-state index in [0.717, 1.165) is 17.7 Å². The van der Waals surface area contributed by atoms with Gasteiger partial charge in [-0.15, -0.1) is 0 Å². The molecule has 0 aliphatic rings. The maximum absolute atomic E-state index is 13.1. The summed E-state index contributed by atoms with van der Waals surface area (Å²) in [5.74, 6) is 0. The van der Waals surface area contributed by atoms with Gasteiger partial charge in [-0.2, -0.15) is 13.2 Å². The second kappa shape index (κ2) is 6.95. The van der Waals surface area contributed by atoms with Crippen molar-refractivity contribution in [2.75, 3.05) is 5.32 Å². The van der Waals surface area contributed by atoms with Gasteiger partial charge in [-0.3, -0.25) is 4.98 Å². The number of hydrogen-bond donors (Lipinski definition) is 1. The summed E-state index contributed by atoms with van der Waals surface area (Å²) in [7, 11) is 0. The highest BCUT2D eigenvalue weighted by Crippen LogP contribution is 2.34. The van der Waals surface area contributed by atoms with Crippen molar-refractivity contribution in [2.45, 2.75) is 19.6 Å². The highest BCUT2D eigenvalue weighted by molar-refractivity contribution is 5.90. The first-order valence-corrected chi connectivity index (χ1v) is 8.49. The number of anilines is 1. The summed E-state index contributed by atoms with van der Waals surface area (Å²) in [6, 6.07) is 10.5. The van der Waals surface area contributed by atoms with Crippen LogP contribution >= 0.6 is 0 Å². The Balaban J connectivity index is 1.76. The first-order valence-electron chi connectivity index (χ1n) is 8.49. The number of alkyl halides is 3. The van der Waals surface area contributed by atoms with Gasteiger partial charge in [-0.25, -0.2) is 4.98 Å². The Morgan fingerprint density at radius 2 is 1.96 bits per heavy atom. The molecule has 0 fully saturated rings. The quantitative estimate of drug-likeness (QED) is 0.522. The summed E-state index contributed by atoms with van der Waals surface area (Å²) >= 11 is 0. The molecule has 5 nitrogen and oxygen atoms in total. The number of nitrogens with one attached hydrogen (secondary N) is 1. The van der Waals surface area contributed by atoms with Crippen molar-refractivity contribution in [1.82, 2.24) is 15.1 Å². The summed E-state index contributed by atoms with van der Waals surface area (Å²) in [5, 5.41) is 7.17. The zero-order chi connectivity index (χ0) is 19.7. The fourth-order valence-corrected chi connectivity index (χ4v) is 2.86. The van der Waals surface area contributed by atoms with E-state index in [-0.39, 0.29) is 0 Å². The van der Waals surface area contributed by atoms with Crippen molar-refractivity contribution in [3.05, 3.63) is 71.7 Å². The molecule has 0 radical (unpaired) electrons. The molecular weight excluding hydrogens is 369 g/mol. The first-order chi connectivity index (χ1) is 13.4. The molecule has 4 aromatic rings. The Morgan fingerprint density at radius 1 is 1.11 bits per heavy atom. The second-order valence-electron chi connectivity index (χ2n) is 6.29. The molecule has 0 bridgehead atoms. The van der Waals surface area contributed by atoms with Crippen LogP contribution in [0.5, 0.6) is 0 Å². The Labute approximate surface area is 158 Å². The Kier molecular flexibility index (Phi) is 4.46. The van der Waals surface area contributed by atoms with E-state index in [1.54, 1.807) is 31.5 Å². The number of rotatable bonds is 4. The SMILES string of the molecule is Cc1noc2c(NCc3cccnc3)cc(-c3cccc(C(F)(F)F)c3)nc12. The molecule has 3 heterocycles. The van der Waals surface area contributed by atoms with Crippen LogP contribution in [-0.2, 0) is 12.7 Å². The minimum Gasteiger partial charge on any atom is -0.378 e. The zero-order valence-corrected chi connectivity index (χ0v) is 14.8. The average Bonchev–Trinajstić information content (AvgIpc) is 3.07. The van der Waals surface area contributed by atoms with E-state index in [0.29, 0.717) is 40.3 Å². The summed E-state index contributed by atoms with van der Waals surface area (Å²) in [6.07, 6.45) is -1.01. The minimum absolute atomic E-state index is 0.363. The largest absolute Gasteiger partial charge is 0.416 e. The standard InChI is InChI=1S/C20H15F3N4O/c1-12-18-19(28-27-12)17(25-11-13-4-3-7-24-10-13)9-16(26-18)14-5-2-6-15(8-14)20(21,22)23/h2-10H,11H2,1H3,(H,25,26). The Hall–Kier alpha value is -3.42. The molecule has 3 aromatic heterocycles. The minimum atomic E-state index is -4.42. The van der Waals surface area contributed by atoms with Gasteiger partial charge in [-0.05, 0) is 36.8 Å². The van der Waals surface area contributed by atoms with Gasteiger partial charge in [0.25, 0.3) is 0 Å². The molecule has 0 aliphatic carbocycles. The van der Waals surface area contributed by atoms with E-state index >= 15 is 0 Å². The molecule has 142 valence electrons. The average molecular weight is 384 g/mol. The summed E-state index contributed by atoms with van der Waals surface area (Å²) in [5.41, 5.74) is 3.11. The van der Waals surface area contributed by atoms with Crippen molar-refractivity contribution < 1.29 is 17.7 Å². The predicted molar refractivity (Wildman–Crippen MR) is 98.5 cm³/mol. The molecule has 0 atom stereocenters. The van der Waals surface area contributed by atoms with Crippen LogP contribution in [0.15, 0.2) is 59.4 Å². The van der Waals surface area contributed by atoms with Crippen molar-refractivity contribution in [3.63, 3.8) is 0 Å². The molecule has 4 rings (SSSR count). The van der Waals surface area contributed by atoms with Gasteiger partial charge in [0.05, 0.1) is 16.9 Å². The molecule has 1 aromatic carbocycles. The lowest BCUT2D eigenvalue weighted by Crippen LogP contribution is -2.05. The number of pyridine rings is 2. The van der Waals surface area contributed by atoms with Crippen LogP contribution in [0.4, 0.5) is 18.9 Å². The van der Waals surface area contributed by atoms with Crippen molar-refractivity contribution in [2.24, 2.45) is 0 Å². The monoisotopic (exact) mass is 384 g/mol. The lowest BCUT2D eigenvalue weighted by atomic mass is 10.1. The first kappa shape index (κ1) is 18.0. The fourth-order valence-electron chi connectivity index (χ4n) is 2.86. The molecule has 0 aliphatic heterocycles. The summed E-state index contributed by atoms with van der Waals surface area (Å²) in [4.78, 5) is 8.53. The van der Waals surface area contributed by atoms with Crippen LogP contribution in [0.25, 0.3) is 22.4 Å². The highest BCUT2D eigenvalue weighted by Gasteiger charge is 2.30. The van der Waals surface area contributed by atoms with E-state index in [1.165, 1.54) is 6.07 Å². The normalized spacial score (nSPS) is 11.7. The molecule has 0 saturated carbocycles. The molecule has 8 heteroatoms. The van der Waals surface area contributed by atoms with Crippen molar-refractivity contribution in [3.8, 4) is 11.3 Å². The van der Waals surface area contributed by atoms with Crippen LogP contribution in [-0.4, -0.2) is 15.1 Å². The molecule has 1 N–H and O–H groups in total. The number of nitrogens with zero attached hydrogens (tertiary/aromatic N) is 3. The van der Waals surface area contributed by atoms with Gasteiger partial charge in [0.1, 0.15) is 11.2 Å². The van der Waals surface area contributed by atoms with Crippen LogP contribution in [0, 0.1) is 6.92 Å². The van der Waals surface area contributed by atoms with Crippen LogP contribution < -0.4 is 5.32 Å². The topological polar surface area (TPSA) is 63.8 Å².